The minimum absolute atomic E-state index is 0.0210. The molecule has 1 unspecified atom stereocenters. The van der Waals surface area contributed by atoms with Crippen LogP contribution in [0.1, 0.15) is 50.5 Å². The second-order valence-corrected chi connectivity index (χ2v) is 10.1. The molecule has 1 atom stereocenters. The zero-order valence-corrected chi connectivity index (χ0v) is 20.9. The lowest BCUT2D eigenvalue weighted by Crippen LogP contribution is -2.46. The molecule has 2 fully saturated rings. The number of hydrogen-bond acceptors (Lipinski definition) is 6. The summed E-state index contributed by atoms with van der Waals surface area (Å²) >= 11 is 0. The van der Waals surface area contributed by atoms with Crippen molar-refractivity contribution in [3.8, 4) is 0 Å². The van der Waals surface area contributed by atoms with Gasteiger partial charge in [0.25, 0.3) is 5.56 Å². The highest BCUT2D eigenvalue weighted by molar-refractivity contribution is 5.78. The number of nitrogens with two attached hydrogens (primary N) is 1. The van der Waals surface area contributed by atoms with Gasteiger partial charge in [-0.05, 0) is 31.2 Å². The molecule has 1 saturated heterocycles. The molecule has 0 spiro atoms. The van der Waals surface area contributed by atoms with Crippen molar-refractivity contribution in [3.05, 3.63) is 56.7 Å². The number of benzene rings is 1. The highest BCUT2D eigenvalue weighted by Gasteiger charge is 2.27. The molecule has 1 saturated carbocycles. The van der Waals surface area contributed by atoms with Crippen LogP contribution >= 0.6 is 0 Å². The van der Waals surface area contributed by atoms with Crippen LogP contribution in [0.2, 0.25) is 0 Å². The molecule has 36 heavy (non-hydrogen) atoms. The van der Waals surface area contributed by atoms with E-state index in [1.165, 1.54) is 11.0 Å². The fourth-order valence-electron chi connectivity index (χ4n) is 5.51. The summed E-state index contributed by atoms with van der Waals surface area (Å²) in [5.41, 5.74) is 6.86. The van der Waals surface area contributed by atoms with Crippen molar-refractivity contribution in [1.82, 2.24) is 24.0 Å². The largest absolute Gasteiger partial charge is 0.352 e. The Labute approximate surface area is 209 Å². The predicted octanol–water partition coefficient (Wildman–Crippen LogP) is 1.32. The number of carbonyl (C=O) groups is 1. The van der Waals surface area contributed by atoms with Crippen LogP contribution in [0.5, 0.6) is 0 Å². The predicted molar refractivity (Wildman–Crippen MR) is 139 cm³/mol. The van der Waals surface area contributed by atoms with E-state index >= 15 is 0 Å². The molecule has 5 rings (SSSR count). The van der Waals surface area contributed by atoms with Crippen LogP contribution in [0.3, 0.4) is 0 Å². The number of hydrogen-bond donors (Lipinski definition) is 2. The molecule has 0 bridgehead atoms. The van der Waals surface area contributed by atoms with E-state index in [2.05, 4.69) is 10.2 Å². The molecule has 2 aromatic heterocycles. The van der Waals surface area contributed by atoms with Crippen molar-refractivity contribution in [3.63, 3.8) is 0 Å². The number of aromatic nitrogens is 4. The molecule has 10 nitrogen and oxygen atoms in total. The van der Waals surface area contributed by atoms with Crippen LogP contribution in [-0.4, -0.2) is 49.8 Å². The first-order valence-electron chi connectivity index (χ1n) is 13.0. The summed E-state index contributed by atoms with van der Waals surface area (Å²) in [7, 11) is 1.60. The zero-order valence-electron chi connectivity index (χ0n) is 20.9. The third kappa shape index (κ3) is 4.82. The number of fused-ring (bicyclic) bond motifs is 1. The molecule has 0 radical (unpaired) electrons. The van der Waals surface area contributed by atoms with E-state index in [-0.39, 0.29) is 24.5 Å². The van der Waals surface area contributed by atoms with Crippen LogP contribution in [0.25, 0.3) is 11.2 Å². The number of nitrogens with one attached hydrogen (secondary N) is 1. The maximum absolute atomic E-state index is 13.8. The topological polar surface area (TPSA) is 120 Å². The Kier molecular flexibility index (Phi) is 6.95. The molecule has 10 heteroatoms. The number of nitrogens with zero attached hydrogens (tertiary/aromatic N) is 5. The Bertz CT molecular complexity index is 1350. The summed E-state index contributed by atoms with van der Waals surface area (Å²) in [6.07, 6.45) is 7.09. The van der Waals surface area contributed by atoms with Crippen molar-refractivity contribution in [2.24, 2.45) is 12.8 Å². The lowest BCUT2D eigenvalue weighted by molar-refractivity contribution is -0.122. The molecule has 3 heterocycles. The van der Waals surface area contributed by atoms with Gasteiger partial charge in [-0.2, -0.15) is 4.98 Å². The molecule has 1 aliphatic heterocycles. The van der Waals surface area contributed by atoms with Crippen molar-refractivity contribution in [2.45, 2.75) is 70.1 Å². The number of aryl methyl sites for hydroxylation is 1. The number of rotatable bonds is 6. The van der Waals surface area contributed by atoms with Crippen LogP contribution in [0.4, 0.5) is 5.95 Å². The number of anilines is 1. The van der Waals surface area contributed by atoms with Gasteiger partial charge in [0.2, 0.25) is 11.9 Å². The smallest absolute Gasteiger partial charge is 0.332 e. The first-order chi connectivity index (χ1) is 17.4. The molecule has 2 aliphatic rings. The quantitative estimate of drug-likeness (QED) is 0.534. The molecular weight excluding hydrogens is 458 g/mol. The summed E-state index contributed by atoms with van der Waals surface area (Å²) in [6.45, 7) is 1.51. The van der Waals surface area contributed by atoms with Crippen LogP contribution in [-0.2, 0) is 24.9 Å². The van der Waals surface area contributed by atoms with E-state index in [0.717, 1.165) is 55.2 Å². The van der Waals surface area contributed by atoms with Crippen molar-refractivity contribution >= 4 is 23.0 Å². The Morgan fingerprint density at radius 3 is 2.53 bits per heavy atom. The van der Waals surface area contributed by atoms with E-state index in [0.29, 0.717) is 30.2 Å². The standard InChI is InChI=1S/C26H35N7O3/c1-30-23-22(24(35)33(26(30)36)17-21(34)28-20-12-6-3-7-13-20)32(15-18-9-4-2-5-10-18)25(29-23)31-14-8-11-19(27)16-31/h2,4-5,9-10,19-20H,3,6-8,11-17,27H2,1H3,(H,28,34). The summed E-state index contributed by atoms with van der Waals surface area (Å²) < 4.78 is 4.29. The minimum Gasteiger partial charge on any atom is -0.352 e. The molecule has 1 aliphatic carbocycles. The average molecular weight is 494 g/mol. The number of piperidine rings is 1. The summed E-state index contributed by atoms with van der Waals surface area (Å²) in [6, 6.07) is 9.97. The van der Waals surface area contributed by atoms with Gasteiger partial charge < -0.3 is 16.0 Å². The van der Waals surface area contributed by atoms with Crippen LogP contribution in [0, 0.1) is 0 Å². The highest BCUT2D eigenvalue weighted by Crippen LogP contribution is 2.24. The van der Waals surface area contributed by atoms with Gasteiger partial charge in [-0.3, -0.25) is 18.7 Å². The monoisotopic (exact) mass is 493 g/mol. The third-order valence-corrected chi connectivity index (χ3v) is 7.41. The first-order valence-corrected chi connectivity index (χ1v) is 13.0. The second kappa shape index (κ2) is 10.3. The summed E-state index contributed by atoms with van der Waals surface area (Å²) in [5, 5.41) is 3.01. The molecule has 3 aromatic rings. The van der Waals surface area contributed by atoms with Gasteiger partial charge in [0.1, 0.15) is 6.54 Å². The van der Waals surface area contributed by atoms with Gasteiger partial charge in [0.15, 0.2) is 11.2 Å². The maximum atomic E-state index is 13.8. The Morgan fingerprint density at radius 1 is 1.06 bits per heavy atom. The Hall–Kier alpha value is -3.40. The summed E-state index contributed by atoms with van der Waals surface area (Å²) in [5.74, 6) is 0.317. The lowest BCUT2D eigenvalue weighted by atomic mass is 9.95. The SMILES string of the molecule is Cn1c(=O)n(CC(=O)NC2CCCCC2)c(=O)c2c1nc(N1CCCC(N)C1)n2Cc1ccccc1. The first kappa shape index (κ1) is 24.3. The van der Waals surface area contributed by atoms with E-state index in [4.69, 9.17) is 10.7 Å². The average Bonchev–Trinajstić information content (AvgIpc) is 3.26. The Morgan fingerprint density at radius 2 is 1.81 bits per heavy atom. The van der Waals surface area contributed by atoms with Crippen molar-refractivity contribution in [2.75, 3.05) is 18.0 Å². The normalized spacial score (nSPS) is 19.1. The molecular formula is C26H35N7O3. The highest BCUT2D eigenvalue weighted by atomic mass is 16.2. The fraction of sp³-hybridized carbons (Fsp3) is 0.538. The van der Waals surface area contributed by atoms with Crippen LogP contribution < -0.4 is 27.2 Å². The maximum Gasteiger partial charge on any atom is 0.332 e. The molecule has 3 N–H and O–H groups in total. The van der Waals surface area contributed by atoms with Crippen molar-refractivity contribution in [1.29, 1.82) is 0 Å². The van der Waals surface area contributed by atoms with E-state index < -0.39 is 11.2 Å². The molecule has 1 aromatic carbocycles. The van der Waals surface area contributed by atoms with E-state index in [9.17, 15) is 14.4 Å². The fourth-order valence-corrected chi connectivity index (χ4v) is 5.51. The molecule has 192 valence electrons. The third-order valence-electron chi connectivity index (χ3n) is 7.41. The van der Waals surface area contributed by atoms with Gasteiger partial charge in [-0.25, -0.2) is 9.36 Å². The summed E-state index contributed by atoms with van der Waals surface area (Å²) in [4.78, 5) is 46.7. The van der Waals surface area contributed by atoms with E-state index in [1.54, 1.807) is 7.05 Å². The van der Waals surface area contributed by atoms with Gasteiger partial charge in [0.05, 0.1) is 6.54 Å². The van der Waals surface area contributed by atoms with Gasteiger partial charge in [0, 0.05) is 32.2 Å². The van der Waals surface area contributed by atoms with Crippen molar-refractivity contribution < 1.29 is 4.79 Å². The second-order valence-electron chi connectivity index (χ2n) is 10.1. The number of imidazole rings is 1. The Balaban J connectivity index is 1.58. The van der Waals surface area contributed by atoms with Gasteiger partial charge in [-0.1, -0.05) is 49.6 Å². The number of carbonyl (C=O) groups excluding carboxylic acids is 1. The minimum atomic E-state index is -0.544. The van der Waals surface area contributed by atoms with Gasteiger partial charge >= 0.3 is 5.69 Å². The zero-order chi connectivity index (χ0) is 25.2. The van der Waals surface area contributed by atoms with E-state index in [1.807, 2.05) is 34.9 Å². The van der Waals surface area contributed by atoms with Crippen LogP contribution in [0.15, 0.2) is 39.9 Å². The number of amides is 1. The lowest BCUT2D eigenvalue weighted by Gasteiger charge is -2.31. The van der Waals surface area contributed by atoms with Gasteiger partial charge in [-0.15, -0.1) is 0 Å². The molecule has 1 amide bonds.